The molecule has 1 aliphatic rings. The van der Waals surface area contributed by atoms with Crippen LogP contribution in [-0.4, -0.2) is 72.0 Å². The molecule has 9 nitrogen and oxygen atoms in total. The van der Waals surface area contributed by atoms with E-state index in [1.807, 2.05) is 0 Å². The summed E-state index contributed by atoms with van der Waals surface area (Å²) in [5, 5.41) is 20.6. The number of nitrogens with zero attached hydrogens (tertiary/aromatic N) is 4. The zero-order valence-corrected chi connectivity index (χ0v) is 15.3. The first-order chi connectivity index (χ1) is 12.8. The molecule has 0 bridgehead atoms. The van der Waals surface area contributed by atoms with E-state index in [9.17, 15) is 19.0 Å². The van der Waals surface area contributed by atoms with Crippen LogP contribution < -0.4 is 11.5 Å². The lowest BCUT2D eigenvalue weighted by Gasteiger charge is -2.25. The first kappa shape index (κ1) is 20.1. The quantitative estimate of drug-likeness (QED) is 0.506. The van der Waals surface area contributed by atoms with E-state index in [2.05, 4.69) is 15.0 Å². The Morgan fingerprint density at radius 1 is 1.26 bits per heavy atom. The lowest BCUT2D eigenvalue weighted by atomic mass is 10.0. The molecule has 0 aromatic carbocycles. The second-order valence-electron chi connectivity index (χ2n) is 6.41. The van der Waals surface area contributed by atoms with Gasteiger partial charge in [-0.2, -0.15) is 11.8 Å². The molecular formula is C15H22F2N6O3S. The van der Waals surface area contributed by atoms with Crippen LogP contribution in [0.1, 0.15) is 19.1 Å². The predicted octanol–water partition coefficient (Wildman–Crippen LogP) is 0.132. The molecule has 6 N–H and O–H groups in total. The summed E-state index contributed by atoms with van der Waals surface area (Å²) in [6.45, 7) is 0. The molecular weight excluding hydrogens is 382 g/mol. The second kappa shape index (κ2) is 8.19. The van der Waals surface area contributed by atoms with E-state index < -0.39 is 37.0 Å². The van der Waals surface area contributed by atoms with E-state index in [-0.39, 0.29) is 17.5 Å². The summed E-state index contributed by atoms with van der Waals surface area (Å²) in [5.74, 6) is 0.186. The van der Waals surface area contributed by atoms with Gasteiger partial charge in [0, 0.05) is 5.25 Å². The normalized spacial score (nSPS) is 28.1. The van der Waals surface area contributed by atoms with Gasteiger partial charge in [0.1, 0.15) is 30.2 Å². The zero-order valence-electron chi connectivity index (χ0n) is 14.5. The third-order valence-corrected chi connectivity index (χ3v) is 5.82. The van der Waals surface area contributed by atoms with Gasteiger partial charge in [-0.05, 0) is 19.1 Å². The Morgan fingerprint density at radius 3 is 2.67 bits per heavy atom. The van der Waals surface area contributed by atoms with Crippen molar-refractivity contribution in [1.82, 2.24) is 19.5 Å². The van der Waals surface area contributed by atoms with E-state index >= 15 is 0 Å². The maximum Gasteiger partial charge on any atom is 0.253 e. The minimum Gasteiger partial charge on any atom is -0.387 e. The van der Waals surface area contributed by atoms with Crippen molar-refractivity contribution in [1.29, 1.82) is 0 Å². The predicted molar refractivity (Wildman–Crippen MR) is 96.2 cm³/mol. The number of ether oxygens (including phenoxy) is 1. The minimum absolute atomic E-state index is 0.0777. The smallest absolute Gasteiger partial charge is 0.253 e. The van der Waals surface area contributed by atoms with Crippen LogP contribution in [0, 0.1) is 0 Å². The molecule has 3 heterocycles. The molecule has 12 heteroatoms. The van der Waals surface area contributed by atoms with Crippen LogP contribution in [0.4, 0.5) is 14.6 Å². The van der Waals surface area contributed by atoms with Crippen LogP contribution in [-0.2, 0) is 4.74 Å². The van der Waals surface area contributed by atoms with E-state index in [0.29, 0.717) is 17.6 Å². The van der Waals surface area contributed by atoms with Crippen LogP contribution in [0.5, 0.6) is 0 Å². The van der Waals surface area contributed by atoms with E-state index in [0.717, 1.165) is 0 Å². The van der Waals surface area contributed by atoms with Crippen molar-refractivity contribution < 1.29 is 23.7 Å². The van der Waals surface area contributed by atoms with Crippen molar-refractivity contribution in [2.75, 3.05) is 12.0 Å². The van der Waals surface area contributed by atoms with Crippen molar-refractivity contribution in [2.24, 2.45) is 5.73 Å². The molecule has 1 saturated heterocycles. The van der Waals surface area contributed by atoms with Gasteiger partial charge in [-0.15, -0.1) is 0 Å². The Hall–Kier alpha value is -1.60. The average Bonchev–Trinajstić information content (AvgIpc) is 3.19. The van der Waals surface area contributed by atoms with Crippen molar-refractivity contribution in [3.63, 3.8) is 0 Å². The summed E-state index contributed by atoms with van der Waals surface area (Å²) in [4.78, 5) is 12.1. The Morgan fingerprint density at radius 2 is 2.00 bits per heavy atom. The number of alkyl halides is 2. The molecule has 0 saturated carbocycles. The van der Waals surface area contributed by atoms with Crippen LogP contribution >= 0.6 is 11.8 Å². The number of rotatable bonds is 7. The van der Waals surface area contributed by atoms with Crippen LogP contribution in [0.15, 0.2) is 12.7 Å². The maximum absolute atomic E-state index is 12.6. The summed E-state index contributed by atoms with van der Waals surface area (Å²) in [5.41, 5.74) is 11.9. The Kier molecular flexibility index (Phi) is 6.11. The highest BCUT2D eigenvalue weighted by atomic mass is 32.2. The SMILES string of the molecule is CS[C@@H](CC[C@H](N)C(F)F)[C@H]1O[C@@H](n2cnc3c(N)ncnc32)[C@H](O)[C@@H]1O. The number of fused-ring (bicyclic) bond motifs is 1. The number of aliphatic hydroxyl groups excluding tert-OH is 2. The van der Waals surface area contributed by atoms with Crippen LogP contribution in [0.3, 0.4) is 0 Å². The minimum atomic E-state index is -2.61. The Labute approximate surface area is 158 Å². The maximum atomic E-state index is 12.6. The molecule has 27 heavy (non-hydrogen) atoms. The monoisotopic (exact) mass is 404 g/mol. The standard InChI is InChI=1S/C15H22F2N6O3S/c1-27-7(3-2-6(18)12(16)17)11-9(24)10(25)15(26-11)23-5-22-8-13(19)20-4-21-14(8)23/h4-7,9-12,15,24-25H,2-3,18H2,1H3,(H2,19,20,21)/t6-,7-,9-,10+,11+,15+/m0/s1. The summed E-state index contributed by atoms with van der Waals surface area (Å²) < 4.78 is 32.7. The molecule has 2 aromatic rings. The number of anilines is 1. The van der Waals surface area contributed by atoms with Gasteiger partial charge in [-0.3, -0.25) is 4.57 Å². The first-order valence-electron chi connectivity index (χ1n) is 8.36. The summed E-state index contributed by atoms with van der Waals surface area (Å²) >= 11 is 1.36. The fraction of sp³-hybridized carbons (Fsp3) is 0.667. The zero-order chi connectivity index (χ0) is 19.7. The number of nitrogen functional groups attached to an aromatic ring is 1. The molecule has 1 fully saturated rings. The third kappa shape index (κ3) is 3.85. The van der Waals surface area contributed by atoms with Gasteiger partial charge >= 0.3 is 0 Å². The van der Waals surface area contributed by atoms with Crippen molar-refractivity contribution >= 4 is 28.7 Å². The summed E-state index contributed by atoms with van der Waals surface area (Å²) in [6.07, 6.45) is -1.92. The molecule has 6 atom stereocenters. The molecule has 2 aromatic heterocycles. The number of hydrogen-bond donors (Lipinski definition) is 4. The van der Waals surface area contributed by atoms with E-state index in [1.165, 1.54) is 29.0 Å². The number of aliphatic hydroxyl groups is 2. The van der Waals surface area contributed by atoms with Crippen LogP contribution in [0.2, 0.25) is 0 Å². The van der Waals surface area contributed by atoms with Gasteiger partial charge in [0.15, 0.2) is 17.7 Å². The van der Waals surface area contributed by atoms with Crippen LogP contribution in [0.25, 0.3) is 11.2 Å². The highest BCUT2D eigenvalue weighted by molar-refractivity contribution is 7.99. The largest absolute Gasteiger partial charge is 0.387 e. The molecule has 150 valence electrons. The number of halogens is 2. The van der Waals surface area contributed by atoms with Crippen molar-refractivity contribution in [3.8, 4) is 0 Å². The van der Waals surface area contributed by atoms with Gasteiger partial charge in [-0.25, -0.2) is 23.7 Å². The summed E-state index contributed by atoms with van der Waals surface area (Å²) in [7, 11) is 0. The molecule has 0 spiro atoms. The number of aromatic nitrogens is 4. The summed E-state index contributed by atoms with van der Waals surface area (Å²) in [6, 6.07) is -1.24. The molecule has 1 aliphatic heterocycles. The molecule has 0 aliphatic carbocycles. The number of hydrogen-bond acceptors (Lipinski definition) is 9. The molecule has 0 radical (unpaired) electrons. The lowest BCUT2D eigenvalue weighted by Crippen LogP contribution is -2.38. The average molecular weight is 404 g/mol. The molecule has 0 amide bonds. The number of thioether (sulfide) groups is 1. The fourth-order valence-electron chi connectivity index (χ4n) is 3.18. The van der Waals surface area contributed by atoms with Gasteiger partial charge in [-0.1, -0.05) is 0 Å². The van der Waals surface area contributed by atoms with Gasteiger partial charge in [0.25, 0.3) is 6.43 Å². The molecule has 3 rings (SSSR count). The second-order valence-corrected chi connectivity index (χ2v) is 7.48. The third-order valence-electron chi connectivity index (χ3n) is 4.71. The van der Waals surface area contributed by atoms with Crippen molar-refractivity contribution in [2.45, 2.75) is 55.1 Å². The highest BCUT2D eigenvalue weighted by Crippen LogP contribution is 2.37. The Balaban J connectivity index is 1.79. The van der Waals surface area contributed by atoms with Gasteiger partial charge < -0.3 is 26.4 Å². The van der Waals surface area contributed by atoms with Gasteiger partial charge in [0.05, 0.1) is 12.4 Å². The first-order valence-corrected chi connectivity index (χ1v) is 9.65. The van der Waals surface area contributed by atoms with E-state index in [1.54, 1.807) is 6.26 Å². The van der Waals surface area contributed by atoms with E-state index in [4.69, 9.17) is 16.2 Å². The highest BCUT2D eigenvalue weighted by Gasteiger charge is 2.47. The lowest BCUT2D eigenvalue weighted by molar-refractivity contribution is -0.0359. The number of imidazole rings is 1. The number of nitrogens with two attached hydrogens (primary N) is 2. The Bertz CT molecular complexity index is 781. The fourth-order valence-corrected chi connectivity index (χ4v) is 4.04. The van der Waals surface area contributed by atoms with Crippen molar-refractivity contribution in [3.05, 3.63) is 12.7 Å². The van der Waals surface area contributed by atoms with Gasteiger partial charge in [0.2, 0.25) is 0 Å². The molecule has 0 unspecified atom stereocenters. The topological polar surface area (TPSA) is 145 Å².